The van der Waals surface area contributed by atoms with Gasteiger partial charge in [-0.3, -0.25) is 10.2 Å². The maximum absolute atomic E-state index is 11.0. The van der Waals surface area contributed by atoms with Crippen LogP contribution < -0.4 is 11.3 Å². The van der Waals surface area contributed by atoms with Gasteiger partial charge in [-0.15, -0.1) is 0 Å². The van der Waals surface area contributed by atoms with Gasteiger partial charge in [0, 0.05) is 18.3 Å². The van der Waals surface area contributed by atoms with Gasteiger partial charge in [0.05, 0.1) is 5.56 Å². The van der Waals surface area contributed by atoms with Gasteiger partial charge >= 0.3 is 0 Å². The zero-order chi connectivity index (χ0) is 9.84. The SMILES string of the molecule is CC(C)c1ncc(C(=O)NN)cn1. The van der Waals surface area contributed by atoms with E-state index in [2.05, 4.69) is 9.97 Å². The highest BCUT2D eigenvalue weighted by molar-refractivity contribution is 5.93. The number of nitrogens with zero attached hydrogens (tertiary/aromatic N) is 2. The molecule has 5 heteroatoms. The van der Waals surface area contributed by atoms with Crippen LogP contribution >= 0.6 is 0 Å². The summed E-state index contributed by atoms with van der Waals surface area (Å²) in [6, 6.07) is 0. The zero-order valence-electron chi connectivity index (χ0n) is 7.61. The number of nitrogen functional groups attached to an aromatic ring is 1. The number of carbonyl (C=O) groups excluding carboxylic acids is 1. The average molecular weight is 180 g/mol. The lowest BCUT2D eigenvalue weighted by molar-refractivity contribution is 0.0953. The number of nitrogens with two attached hydrogens (primary N) is 1. The maximum atomic E-state index is 11.0. The van der Waals surface area contributed by atoms with E-state index in [1.54, 1.807) is 0 Å². The molecule has 0 fully saturated rings. The summed E-state index contributed by atoms with van der Waals surface area (Å²) in [5.74, 6) is 5.54. The molecule has 0 aliphatic carbocycles. The van der Waals surface area contributed by atoms with E-state index in [-0.39, 0.29) is 11.8 Å². The van der Waals surface area contributed by atoms with E-state index in [4.69, 9.17) is 5.84 Å². The second kappa shape index (κ2) is 3.95. The predicted octanol–water partition coefficient (Wildman–Crippen LogP) is 0.203. The molecule has 0 aliphatic heterocycles. The Kier molecular flexibility index (Phi) is 2.92. The molecule has 1 aromatic heterocycles. The molecule has 0 saturated carbocycles. The van der Waals surface area contributed by atoms with Crippen molar-refractivity contribution >= 4 is 5.91 Å². The van der Waals surface area contributed by atoms with Crippen molar-refractivity contribution in [2.45, 2.75) is 19.8 Å². The Hall–Kier alpha value is -1.49. The monoisotopic (exact) mass is 180 g/mol. The summed E-state index contributed by atoms with van der Waals surface area (Å²) in [4.78, 5) is 19.0. The second-order valence-electron chi connectivity index (χ2n) is 2.96. The first-order valence-electron chi connectivity index (χ1n) is 3.98. The number of hydrogen-bond acceptors (Lipinski definition) is 4. The lowest BCUT2D eigenvalue weighted by Gasteiger charge is -2.03. The molecule has 0 bridgehead atoms. The van der Waals surface area contributed by atoms with E-state index < -0.39 is 0 Å². The molecule has 1 aromatic rings. The van der Waals surface area contributed by atoms with Crippen molar-refractivity contribution in [1.82, 2.24) is 15.4 Å². The van der Waals surface area contributed by atoms with Crippen LogP contribution in [-0.4, -0.2) is 15.9 Å². The summed E-state index contributed by atoms with van der Waals surface area (Å²) in [5, 5.41) is 0. The van der Waals surface area contributed by atoms with Gasteiger partial charge in [-0.2, -0.15) is 0 Å². The predicted molar refractivity (Wildman–Crippen MR) is 47.8 cm³/mol. The van der Waals surface area contributed by atoms with Crippen molar-refractivity contribution in [2.75, 3.05) is 0 Å². The Balaban J connectivity index is 2.87. The normalized spacial score (nSPS) is 10.2. The summed E-state index contributed by atoms with van der Waals surface area (Å²) in [5.41, 5.74) is 2.38. The van der Waals surface area contributed by atoms with Crippen molar-refractivity contribution in [1.29, 1.82) is 0 Å². The molecule has 0 saturated heterocycles. The van der Waals surface area contributed by atoms with Crippen molar-refractivity contribution < 1.29 is 4.79 Å². The lowest BCUT2D eigenvalue weighted by Crippen LogP contribution is -2.30. The van der Waals surface area contributed by atoms with Gasteiger partial charge in [0.1, 0.15) is 5.82 Å². The Bertz CT molecular complexity index is 294. The number of amides is 1. The van der Waals surface area contributed by atoms with Gasteiger partial charge in [-0.05, 0) is 0 Å². The number of hydrogen-bond donors (Lipinski definition) is 2. The highest BCUT2D eigenvalue weighted by atomic mass is 16.2. The molecule has 0 spiro atoms. The average Bonchev–Trinajstić information content (AvgIpc) is 2.17. The number of aromatic nitrogens is 2. The van der Waals surface area contributed by atoms with Crippen molar-refractivity contribution in [3.63, 3.8) is 0 Å². The van der Waals surface area contributed by atoms with Gasteiger partial charge in [0.15, 0.2) is 0 Å². The maximum Gasteiger partial charge on any atom is 0.268 e. The van der Waals surface area contributed by atoms with Crippen LogP contribution in [0.15, 0.2) is 12.4 Å². The number of nitrogens with one attached hydrogen (secondary N) is 1. The molecule has 0 atom stereocenters. The van der Waals surface area contributed by atoms with E-state index in [0.717, 1.165) is 0 Å². The summed E-state index contributed by atoms with van der Waals surface area (Å²) in [6.07, 6.45) is 2.93. The molecule has 1 amide bonds. The minimum atomic E-state index is -0.379. The summed E-state index contributed by atoms with van der Waals surface area (Å²) in [7, 11) is 0. The molecule has 70 valence electrons. The number of carbonyl (C=O) groups is 1. The van der Waals surface area contributed by atoms with Crippen molar-refractivity contribution in [3.05, 3.63) is 23.8 Å². The zero-order valence-corrected chi connectivity index (χ0v) is 7.61. The molecule has 3 N–H and O–H groups in total. The third-order valence-electron chi connectivity index (χ3n) is 1.58. The van der Waals surface area contributed by atoms with Gasteiger partial charge in [0.2, 0.25) is 0 Å². The van der Waals surface area contributed by atoms with E-state index in [9.17, 15) is 4.79 Å². The smallest absolute Gasteiger partial charge is 0.268 e. The minimum Gasteiger partial charge on any atom is -0.290 e. The van der Waals surface area contributed by atoms with E-state index in [0.29, 0.717) is 11.4 Å². The lowest BCUT2D eigenvalue weighted by atomic mass is 10.2. The van der Waals surface area contributed by atoms with Crippen LogP contribution in [0.4, 0.5) is 0 Å². The molecule has 0 unspecified atom stereocenters. The molecule has 0 aliphatic rings. The third kappa shape index (κ3) is 2.22. The summed E-state index contributed by atoms with van der Waals surface area (Å²) >= 11 is 0. The van der Waals surface area contributed by atoms with Gasteiger partial charge in [-0.25, -0.2) is 15.8 Å². The van der Waals surface area contributed by atoms with E-state index in [1.807, 2.05) is 19.3 Å². The van der Waals surface area contributed by atoms with Gasteiger partial charge in [0.25, 0.3) is 5.91 Å². The standard InChI is InChI=1S/C8H12N4O/c1-5(2)7-10-3-6(4-11-7)8(13)12-9/h3-5H,9H2,1-2H3,(H,12,13). The summed E-state index contributed by atoms with van der Waals surface area (Å²) < 4.78 is 0. The second-order valence-corrected chi connectivity index (χ2v) is 2.96. The first kappa shape index (κ1) is 9.60. The molecular weight excluding hydrogens is 168 g/mol. The first-order valence-corrected chi connectivity index (χ1v) is 3.98. The fraction of sp³-hybridized carbons (Fsp3) is 0.375. The first-order chi connectivity index (χ1) is 6.15. The fourth-order valence-corrected chi connectivity index (χ4v) is 0.837. The Morgan fingerprint density at radius 3 is 2.38 bits per heavy atom. The van der Waals surface area contributed by atoms with Crippen LogP contribution in [0.1, 0.15) is 35.9 Å². The molecule has 1 heterocycles. The molecule has 13 heavy (non-hydrogen) atoms. The Morgan fingerprint density at radius 1 is 1.46 bits per heavy atom. The van der Waals surface area contributed by atoms with Crippen LogP contribution in [0.2, 0.25) is 0 Å². The largest absolute Gasteiger partial charge is 0.290 e. The molecule has 5 nitrogen and oxygen atoms in total. The fourth-order valence-electron chi connectivity index (χ4n) is 0.837. The number of hydrazine groups is 1. The van der Waals surface area contributed by atoms with Crippen molar-refractivity contribution in [3.8, 4) is 0 Å². The van der Waals surface area contributed by atoms with Crippen molar-refractivity contribution in [2.24, 2.45) is 5.84 Å². The molecule has 0 radical (unpaired) electrons. The Labute approximate surface area is 76.4 Å². The van der Waals surface area contributed by atoms with Crippen LogP contribution in [0.25, 0.3) is 0 Å². The third-order valence-corrected chi connectivity index (χ3v) is 1.58. The highest BCUT2D eigenvalue weighted by Crippen LogP contribution is 2.07. The van der Waals surface area contributed by atoms with Crippen LogP contribution in [0, 0.1) is 0 Å². The topological polar surface area (TPSA) is 80.9 Å². The molecular formula is C8H12N4O. The Morgan fingerprint density at radius 2 is 2.00 bits per heavy atom. The number of rotatable bonds is 2. The molecule has 0 aromatic carbocycles. The van der Waals surface area contributed by atoms with Gasteiger partial charge < -0.3 is 0 Å². The molecule has 1 rings (SSSR count). The van der Waals surface area contributed by atoms with Crippen LogP contribution in [-0.2, 0) is 0 Å². The minimum absolute atomic E-state index is 0.259. The van der Waals surface area contributed by atoms with E-state index >= 15 is 0 Å². The quantitative estimate of drug-likeness (QED) is 0.387. The summed E-state index contributed by atoms with van der Waals surface area (Å²) in [6.45, 7) is 3.97. The highest BCUT2D eigenvalue weighted by Gasteiger charge is 2.06. The van der Waals surface area contributed by atoms with Crippen LogP contribution in [0.3, 0.4) is 0 Å². The van der Waals surface area contributed by atoms with Gasteiger partial charge in [-0.1, -0.05) is 13.8 Å². The van der Waals surface area contributed by atoms with Crippen LogP contribution in [0.5, 0.6) is 0 Å². The van der Waals surface area contributed by atoms with E-state index in [1.165, 1.54) is 12.4 Å².